The van der Waals surface area contributed by atoms with E-state index in [-0.39, 0.29) is 5.03 Å². The molecule has 0 radical (unpaired) electrons. The first-order chi connectivity index (χ1) is 8.84. The number of nitrogens with two attached hydrogens (primary N) is 1. The molecule has 0 aliphatic rings. The van der Waals surface area contributed by atoms with Crippen LogP contribution in [0.2, 0.25) is 0 Å². The number of ether oxygens (including phenoxy) is 1. The Morgan fingerprint density at radius 3 is 2.68 bits per heavy atom. The molecule has 1 rings (SSSR count). The van der Waals surface area contributed by atoms with Crippen LogP contribution in [0.25, 0.3) is 0 Å². The summed E-state index contributed by atoms with van der Waals surface area (Å²) in [5.41, 5.74) is 0. The van der Waals surface area contributed by atoms with Crippen LogP contribution in [0.3, 0.4) is 0 Å². The Kier molecular flexibility index (Phi) is 5.96. The van der Waals surface area contributed by atoms with Gasteiger partial charge in [0.05, 0.1) is 6.61 Å². The van der Waals surface area contributed by atoms with Crippen LogP contribution in [0.15, 0.2) is 11.2 Å². The van der Waals surface area contributed by atoms with Crippen molar-refractivity contribution in [3.63, 3.8) is 0 Å². The first-order valence-corrected chi connectivity index (χ1v) is 8.05. The van der Waals surface area contributed by atoms with Crippen molar-refractivity contribution in [2.45, 2.75) is 45.2 Å². The van der Waals surface area contributed by atoms with Gasteiger partial charge in [-0.3, -0.25) is 0 Å². The van der Waals surface area contributed by atoms with Gasteiger partial charge in [0.15, 0.2) is 5.03 Å². The van der Waals surface area contributed by atoms with Crippen molar-refractivity contribution >= 4 is 10.0 Å². The number of imidazole rings is 1. The van der Waals surface area contributed by atoms with Gasteiger partial charge in [-0.25, -0.2) is 18.5 Å². The molecule has 0 bridgehead atoms. The standard InChI is InChI=1S/C12H23N3O3S/c1-4-5-11-14-12(19(13,16)17)8-15(11)6-7-18-9-10(2)3/h8,10H,4-7,9H2,1-3H3,(H2,13,16,17). The Balaban J connectivity index is 2.72. The van der Waals surface area contributed by atoms with E-state index in [1.165, 1.54) is 6.20 Å². The number of sulfonamides is 1. The van der Waals surface area contributed by atoms with Crippen LogP contribution in [0.5, 0.6) is 0 Å². The van der Waals surface area contributed by atoms with Crippen LogP contribution < -0.4 is 5.14 Å². The Hall–Kier alpha value is -0.920. The van der Waals surface area contributed by atoms with Gasteiger partial charge in [-0.2, -0.15) is 0 Å². The number of hydrogen-bond acceptors (Lipinski definition) is 4. The van der Waals surface area contributed by atoms with E-state index in [0.717, 1.165) is 18.7 Å². The Bertz CT molecular complexity index is 494. The van der Waals surface area contributed by atoms with E-state index < -0.39 is 10.0 Å². The molecule has 1 aromatic heterocycles. The van der Waals surface area contributed by atoms with Crippen molar-refractivity contribution in [1.29, 1.82) is 0 Å². The van der Waals surface area contributed by atoms with Crippen LogP contribution >= 0.6 is 0 Å². The maximum absolute atomic E-state index is 11.3. The summed E-state index contributed by atoms with van der Waals surface area (Å²) < 4.78 is 29.9. The van der Waals surface area contributed by atoms with E-state index in [2.05, 4.69) is 18.8 Å². The number of aromatic nitrogens is 2. The third kappa shape index (κ3) is 5.30. The quantitative estimate of drug-likeness (QED) is 0.727. The number of aryl methyl sites for hydroxylation is 1. The van der Waals surface area contributed by atoms with Gasteiger partial charge in [0.1, 0.15) is 5.82 Å². The minimum Gasteiger partial charge on any atom is -0.379 e. The highest BCUT2D eigenvalue weighted by atomic mass is 32.2. The summed E-state index contributed by atoms with van der Waals surface area (Å²) in [5.74, 6) is 1.22. The van der Waals surface area contributed by atoms with Crippen LogP contribution in [0.4, 0.5) is 0 Å². The van der Waals surface area contributed by atoms with Crippen LogP contribution in [-0.4, -0.2) is 31.2 Å². The molecule has 0 atom stereocenters. The second-order valence-electron chi connectivity index (χ2n) is 4.95. The summed E-state index contributed by atoms with van der Waals surface area (Å²) in [7, 11) is -3.74. The molecule has 1 aromatic rings. The van der Waals surface area contributed by atoms with Crippen molar-refractivity contribution < 1.29 is 13.2 Å². The summed E-state index contributed by atoms with van der Waals surface area (Å²) in [6.07, 6.45) is 3.10. The summed E-state index contributed by atoms with van der Waals surface area (Å²) >= 11 is 0. The molecule has 7 heteroatoms. The first kappa shape index (κ1) is 16.1. The third-order valence-corrected chi connectivity index (χ3v) is 3.31. The molecule has 0 unspecified atom stereocenters. The fourth-order valence-corrected chi connectivity index (χ4v) is 2.17. The van der Waals surface area contributed by atoms with Crippen molar-refractivity contribution in [2.75, 3.05) is 13.2 Å². The SMILES string of the molecule is CCCc1nc(S(N)(=O)=O)cn1CCOCC(C)C. The van der Waals surface area contributed by atoms with Gasteiger partial charge >= 0.3 is 0 Å². The maximum atomic E-state index is 11.3. The zero-order chi connectivity index (χ0) is 14.5. The summed E-state index contributed by atoms with van der Waals surface area (Å²) in [6.45, 7) is 8.00. The Morgan fingerprint density at radius 2 is 2.16 bits per heavy atom. The van der Waals surface area contributed by atoms with Gasteiger partial charge in [-0.1, -0.05) is 20.8 Å². The smallest absolute Gasteiger partial charge is 0.257 e. The molecule has 0 saturated carbocycles. The second-order valence-corrected chi connectivity index (χ2v) is 6.46. The lowest BCUT2D eigenvalue weighted by Crippen LogP contribution is -2.12. The highest BCUT2D eigenvalue weighted by Gasteiger charge is 2.15. The van der Waals surface area contributed by atoms with Gasteiger partial charge in [0.25, 0.3) is 10.0 Å². The van der Waals surface area contributed by atoms with E-state index in [1.807, 2.05) is 11.5 Å². The number of hydrogen-bond donors (Lipinski definition) is 1. The normalized spacial score (nSPS) is 12.3. The van der Waals surface area contributed by atoms with Gasteiger partial charge in [0, 0.05) is 25.8 Å². The zero-order valence-corrected chi connectivity index (χ0v) is 12.6. The fraction of sp³-hybridized carbons (Fsp3) is 0.750. The topological polar surface area (TPSA) is 87.2 Å². The highest BCUT2D eigenvalue weighted by Crippen LogP contribution is 2.10. The molecule has 0 amide bonds. The maximum Gasteiger partial charge on any atom is 0.257 e. The molecule has 0 aliphatic heterocycles. The van der Waals surface area contributed by atoms with E-state index in [4.69, 9.17) is 9.88 Å². The zero-order valence-electron chi connectivity index (χ0n) is 11.8. The van der Waals surface area contributed by atoms with E-state index in [0.29, 0.717) is 25.7 Å². The minimum atomic E-state index is -3.74. The number of primary sulfonamides is 1. The van der Waals surface area contributed by atoms with Gasteiger partial charge in [0.2, 0.25) is 0 Å². The second kappa shape index (κ2) is 7.02. The molecule has 0 fully saturated rings. The summed E-state index contributed by atoms with van der Waals surface area (Å²) in [5, 5.41) is 5.03. The largest absolute Gasteiger partial charge is 0.379 e. The van der Waals surface area contributed by atoms with E-state index in [1.54, 1.807) is 0 Å². The van der Waals surface area contributed by atoms with Crippen molar-refractivity contribution in [2.24, 2.45) is 11.1 Å². The fourth-order valence-electron chi connectivity index (χ4n) is 1.66. The summed E-state index contributed by atoms with van der Waals surface area (Å²) in [4.78, 5) is 4.08. The Labute approximate surface area is 115 Å². The molecule has 19 heavy (non-hydrogen) atoms. The highest BCUT2D eigenvalue weighted by molar-refractivity contribution is 7.89. The summed E-state index contributed by atoms with van der Waals surface area (Å²) in [6, 6.07) is 0. The number of rotatable bonds is 8. The lowest BCUT2D eigenvalue weighted by molar-refractivity contribution is 0.102. The number of nitrogens with zero attached hydrogens (tertiary/aromatic N) is 2. The molecule has 110 valence electrons. The van der Waals surface area contributed by atoms with Crippen molar-refractivity contribution in [3.8, 4) is 0 Å². The van der Waals surface area contributed by atoms with Crippen LogP contribution in [-0.2, 0) is 27.7 Å². The first-order valence-electron chi connectivity index (χ1n) is 6.51. The molecule has 0 aromatic carbocycles. The minimum absolute atomic E-state index is 0.0696. The van der Waals surface area contributed by atoms with Gasteiger partial charge < -0.3 is 9.30 Å². The predicted octanol–water partition coefficient (Wildman–Crippen LogP) is 1.16. The van der Waals surface area contributed by atoms with Gasteiger partial charge in [-0.05, 0) is 12.3 Å². The molecule has 0 aliphatic carbocycles. The molecule has 6 nitrogen and oxygen atoms in total. The van der Waals surface area contributed by atoms with Crippen molar-refractivity contribution in [3.05, 3.63) is 12.0 Å². The van der Waals surface area contributed by atoms with Crippen LogP contribution in [0.1, 0.15) is 33.0 Å². The molecular formula is C12H23N3O3S. The predicted molar refractivity (Wildman–Crippen MR) is 73.3 cm³/mol. The molecule has 0 spiro atoms. The van der Waals surface area contributed by atoms with E-state index in [9.17, 15) is 8.42 Å². The lowest BCUT2D eigenvalue weighted by atomic mass is 10.2. The Morgan fingerprint density at radius 1 is 1.47 bits per heavy atom. The average molecular weight is 289 g/mol. The molecule has 0 saturated heterocycles. The average Bonchev–Trinajstić information content (AvgIpc) is 2.68. The molecular weight excluding hydrogens is 266 g/mol. The molecule has 1 heterocycles. The van der Waals surface area contributed by atoms with Gasteiger partial charge in [-0.15, -0.1) is 0 Å². The monoisotopic (exact) mass is 289 g/mol. The lowest BCUT2D eigenvalue weighted by Gasteiger charge is -2.09. The molecule has 2 N–H and O–H groups in total. The van der Waals surface area contributed by atoms with Crippen molar-refractivity contribution in [1.82, 2.24) is 9.55 Å². The van der Waals surface area contributed by atoms with E-state index >= 15 is 0 Å². The third-order valence-electron chi connectivity index (χ3n) is 2.53. The van der Waals surface area contributed by atoms with Crippen LogP contribution in [0, 0.1) is 5.92 Å².